The van der Waals surface area contributed by atoms with E-state index in [0.29, 0.717) is 13.0 Å². The molecule has 0 saturated carbocycles. The summed E-state index contributed by atoms with van der Waals surface area (Å²) in [6.07, 6.45) is 4.63. The first-order valence-electron chi connectivity index (χ1n) is 5.77. The van der Waals surface area contributed by atoms with Gasteiger partial charge in [0.15, 0.2) is 0 Å². The van der Waals surface area contributed by atoms with Crippen LogP contribution in [0.25, 0.3) is 6.08 Å². The highest BCUT2D eigenvalue weighted by Crippen LogP contribution is 2.25. The highest BCUT2D eigenvalue weighted by molar-refractivity contribution is 5.96. The number of hydrogen-bond donors (Lipinski definition) is 0. The molecule has 0 fully saturated rings. The van der Waals surface area contributed by atoms with Crippen LogP contribution in [0.1, 0.15) is 30.9 Å². The second-order valence-electron chi connectivity index (χ2n) is 4.03. The van der Waals surface area contributed by atoms with E-state index in [-0.39, 0.29) is 5.97 Å². The lowest BCUT2D eigenvalue weighted by atomic mass is 10.1. The van der Waals surface area contributed by atoms with Gasteiger partial charge in [-0.2, -0.15) is 0 Å². The third-order valence-electron chi connectivity index (χ3n) is 2.76. The maximum atomic E-state index is 11.7. The molecule has 1 aromatic carbocycles. The molecule has 2 rings (SSSR count). The Balaban J connectivity index is 1.97. The number of carbonyl (C=O) groups is 1. The van der Waals surface area contributed by atoms with Crippen LogP contribution in [-0.4, -0.2) is 12.6 Å². The van der Waals surface area contributed by atoms with Crippen molar-refractivity contribution in [2.24, 2.45) is 0 Å². The molecule has 16 heavy (non-hydrogen) atoms. The van der Waals surface area contributed by atoms with Gasteiger partial charge < -0.3 is 4.74 Å². The van der Waals surface area contributed by atoms with E-state index in [1.807, 2.05) is 24.3 Å². The lowest BCUT2D eigenvalue weighted by Gasteiger charge is -2.03. The van der Waals surface area contributed by atoms with Crippen molar-refractivity contribution in [2.75, 3.05) is 6.61 Å². The van der Waals surface area contributed by atoms with Crippen LogP contribution in [0.4, 0.5) is 0 Å². The first-order chi connectivity index (χ1) is 7.81. The van der Waals surface area contributed by atoms with Crippen LogP contribution in [-0.2, 0) is 16.0 Å². The smallest absolute Gasteiger partial charge is 0.334 e. The summed E-state index contributed by atoms with van der Waals surface area (Å²) in [7, 11) is 0. The first-order valence-corrected chi connectivity index (χ1v) is 5.77. The van der Waals surface area contributed by atoms with Crippen molar-refractivity contribution < 1.29 is 9.53 Å². The Morgan fingerprint density at radius 3 is 2.94 bits per heavy atom. The van der Waals surface area contributed by atoms with Crippen LogP contribution in [0.5, 0.6) is 0 Å². The van der Waals surface area contributed by atoms with Crippen LogP contribution < -0.4 is 0 Å². The fourth-order valence-electron chi connectivity index (χ4n) is 1.81. The highest BCUT2D eigenvalue weighted by Gasteiger charge is 2.18. The Bertz CT molecular complexity index is 418. The summed E-state index contributed by atoms with van der Waals surface area (Å²) < 4.78 is 5.19. The molecule has 0 unspecified atom stereocenters. The summed E-state index contributed by atoms with van der Waals surface area (Å²) in [5.41, 5.74) is 3.13. The normalized spacial score (nSPS) is 13.2. The van der Waals surface area contributed by atoms with Crippen molar-refractivity contribution in [3.8, 4) is 0 Å². The van der Waals surface area contributed by atoms with Crippen molar-refractivity contribution >= 4 is 12.0 Å². The van der Waals surface area contributed by atoms with Gasteiger partial charge >= 0.3 is 5.97 Å². The van der Waals surface area contributed by atoms with E-state index >= 15 is 0 Å². The summed E-state index contributed by atoms with van der Waals surface area (Å²) in [5, 5.41) is 0. The molecule has 0 aliphatic heterocycles. The monoisotopic (exact) mass is 216 g/mol. The van der Waals surface area contributed by atoms with E-state index in [2.05, 4.69) is 13.0 Å². The van der Waals surface area contributed by atoms with Gasteiger partial charge in [0.05, 0.1) is 6.61 Å². The molecule has 0 bridgehead atoms. The number of carbonyl (C=O) groups excluding carboxylic acids is 1. The number of benzene rings is 1. The van der Waals surface area contributed by atoms with Gasteiger partial charge in [0, 0.05) is 12.0 Å². The molecule has 1 aliphatic rings. The van der Waals surface area contributed by atoms with Gasteiger partial charge in [-0.15, -0.1) is 0 Å². The summed E-state index contributed by atoms with van der Waals surface area (Å²) in [4.78, 5) is 11.7. The fraction of sp³-hybridized carbons (Fsp3) is 0.357. The van der Waals surface area contributed by atoms with E-state index in [1.165, 1.54) is 5.56 Å². The van der Waals surface area contributed by atoms with Crippen molar-refractivity contribution in [3.63, 3.8) is 0 Å². The van der Waals surface area contributed by atoms with E-state index in [1.54, 1.807) is 0 Å². The van der Waals surface area contributed by atoms with Crippen LogP contribution in [0.3, 0.4) is 0 Å². The minimum Gasteiger partial charge on any atom is -0.462 e. The number of fused-ring (bicyclic) bond motifs is 1. The average molecular weight is 216 g/mol. The number of ether oxygens (including phenoxy) is 1. The van der Waals surface area contributed by atoms with Crippen molar-refractivity contribution in [1.82, 2.24) is 0 Å². The molecule has 0 atom stereocenters. The minimum absolute atomic E-state index is 0.162. The standard InChI is InChI=1S/C14H16O2/c1-2-3-8-16-14(15)13-9-11-6-4-5-7-12(11)10-13/h4-7,9H,2-3,8,10H2,1H3. The third-order valence-corrected chi connectivity index (χ3v) is 2.76. The van der Waals surface area contributed by atoms with Crippen molar-refractivity contribution in [1.29, 1.82) is 0 Å². The number of esters is 1. The quantitative estimate of drug-likeness (QED) is 0.571. The van der Waals surface area contributed by atoms with E-state index in [9.17, 15) is 4.79 Å². The molecule has 0 aromatic heterocycles. The molecule has 1 aromatic rings. The second kappa shape index (κ2) is 4.97. The van der Waals surface area contributed by atoms with Gasteiger partial charge in [-0.25, -0.2) is 4.79 Å². The summed E-state index contributed by atoms with van der Waals surface area (Å²) >= 11 is 0. The highest BCUT2D eigenvalue weighted by atomic mass is 16.5. The molecule has 84 valence electrons. The van der Waals surface area contributed by atoms with E-state index in [4.69, 9.17) is 4.74 Å². The Hall–Kier alpha value is -1.57. The molecule has 0 amide bonds. The van der Waals surface area contributed by atoms with Gasteiger partial charge in [0.2, 0.25) is 0 Å². The van der Waals surface area contributed by atoms with Gasteiger partial charge in [-0.1, -0.05) is 37.6 Å². The van der Waals surface area contributed by atoms with Crippen molar-refractivity contribution in [2.45, 2.75) is 26.2 Å². The molecule has 0 spiro atoms. The predicted molar refractivity (Wildman–Crippen MR) is 64.0 cm³/mol. The second-order valence-corrected chi connectivity index (χ2v) is 4.03. The Morgan fingerprint density at radius 2 is 2.19 bits per heavy atom. The lowest BCUT2D eigenvalue weighted by molar-refractivity contribution is -0.139. The molecule has 1 aliphatic carbocycles. The molecule has 0 radical (unpaired) electrons. The first kappa shape index (κ1) is 10.9. The zero-order valence-corrected chi connectivity index (χ0v) is 9.53. The van der Waals surface area contributed by atoms with Crippen LogP contribution >= 0.6 is 0 Å². The number of rotatable bonds is 4. The third kappa shape index (κ3) is 2.32. The molecule has 0 heterocycles. The predicted octanol–water partition coefficient (Wildman–Crippen LogP) is 2.97. The zero-order chi connectivity index (χ0) is 11.4. The molecular weight excluding hydrogens is 200 g/mol. The average Bonchev–Trinajstić information content (AvgIpc) is 2.73. The summed E-state index contributed by atoms with van der Waals surface area (Å²) in [6.45, 7) is 2.61. The van der Waals surface area contributed by atoms with E-state index < -0.39 is 0 Å². The molecule has 2 heteroatoms. The maximum Gasteiger partial charge on any atom is 0.334 e. The maximum absolute atomic E-state index is 11.7. The lowest BCUT2D eigenvalue weighted by Crippen LogP contribution is -2.08. The molecule has 2 nitrogen and oxygen atoms in total. The minimum atomic E-state index is -0.162. The molecular formula is C14H16O2. The SMILES string of the molecule is CCCCOC(=O)C1=Cc2ccccc2C1. The van der Waals surface area contributed by atoms with Crippen LogP contribution in [0.15, 0.2) is 29.8 Å². The Kier molecular flexibility index (Phi) is 3.40. The molecule has 0 saturated heterocycles. The van der Waals surface area contributed by atoms with Gasteiger partial charge in [-0.05, 0) is 23.6 Å². The zero-order valence-electron chi connectivity index (χ0n) is 9.53. The van der Waals surface area contributed by atoms with Gasteiger partial charge in [-0.3, -0.25) is 0 Å². The summed E-state index contributed by atoms with van der Waals surface area (Å²) in [5.74, 6) is -0.162. The van der Waals surface area contributed by atoms with Gasteiger partial charge in [0.1, 0.15) is 0 Å². The fourth-order valence-corrected chi connectivity index (χ4v) is 1.81. The Labute approximate surface area is 95.9 Å². The van der Waals surface area contributed by atoms with E-state index in [0.717, 1.165) is 24.0 Å². The van der Waals surface area contributed by atoms with Crippen molar-refractivity contribution in [3.05, 3.63) is 41.0 Å². The largest absolute Gasteiger partial charge is 0.462 e. The van der Waals surface area contributed by atoms with Crippen LogP contribution in [0, 0.1) is 0 Å². The Morgan fingerprint density at radius 1 is 1.38 bits per heavy atom. The van der Waals surface area contributed by atoms with Crippen LogP contribution in [0.2, 0.25) is 0 Å². The number of hydrogen-bond acceptors (Lipinski definition) is 2. The molecule has 0 N–H and O–H groups in total. The van der Waals surface area contributed by atoms with Gasteiger partial charge in [0.25, 0.3) is 0 Å². The number of unbranched alkanes of at least 4 members (excludes halogenated alkanes) is 1. The summed E-state index contributed by atoms with van der Waals surface area (Å²) in [6, 6.07) is 8.07. The topological polar surface area (TPSA) is 26.3 Å².